The molecule has 0 aliphatic carbocycles. The molecule has 0 amide bonds. The zero-order chi connectivity index (χ0) is 23.7. The van der Waals surface area contributed by atoms with Gasteiger partial charge in [-0.15, -0.1) is 0 Å². The van der Waals surface area contributed by atoms with Gasteiger partial charge < -0.3 is 20.4 Å². The van der Waals surface area contributed by atoms with E-state index in [0.29, 0.717) is 34.5 Å². The molecule has 5 rings (SSSR count). The molecule has 0 atom stereocenters. The monoisotopic (exact) mass is 482 g/mol. The first-order chi connectivity index (χ1) is 16.4. The molecule has 3 N–H and O–H groups in total. The van der Waals surface area contributed by atoms with Crippen LogP contribution in [0.1, 0.15) is 0 Å². The number of hydrogen-bond donors (Lipinski definition) is 2. The van der Waals surface area contributed by atoms with Crippen LogP contribution >= 0.6 is 0 Å². The van der Waals surface area contributed by atoms with Gasteiger partial charge in [0, 0.05) is 57.3 Å². The fourth-order valence-electron chi connectivity index (χ4n) is 3.99. The molecule has 1 aliphatic heterocycles. The number of nitrogens with zero attached hydrogens (tertiary/aromatic N) is 6. The van der Waals surface area contributed by atoms with Gasteiger partial charge in [-0.05, 0) is 36.4 Å². The third-order valence-electron chi connectivity index (χ3n) is 5.84. The number of piperazine rings is 1. The Bertz CT molecular complexity index is 1380. The maximum Gasteiger partial charge on any atom is 0.228 e. The Balaban J connectivity index is 1.14. The fraction of sp³-hybridized carbons (Fsp3) is 0.318. The summed E-state index contributed by atoms with van der Waals surface area (Å²) in [5.41, 5.74) is 8.35. The Kier molecular flexibility index (Phi) is 5.84. The van der Waals surface area contributed by atoms with Crippen LogP contribution in [-0.2, 0) is 9.84 Å². The smallest absolute Gasteiger partial charge is 0.228 e. The number of benzene rings is 1. The Hall–Kier alpha value is -3.64. The maximum atomic E-state index is 11.6. The molecule has 12 heteroatoms. The van der Waals surface area contributed by atoms with Crippen LogP contribution < -0.4 is 16.0 Å². The summed E-state index contributed by atoms with van der Waals surface area (Å²) in [5.74, 6) is 1.35. The van der Waals surface area contributed by atoms with E-state index in [1.54, 1.807) is 24.5 Å². The Morgan fingerprint density at radius 3 is 2.53 bits per heavy atom. The Morgan fingerprint density at radius 2 is 1.85 bits per heavy atom. The minimum Gasteiger partial charge on any atom is -0.463 e. The maximum absolute atomic E-state index is 11.6. The van der Waals surface area contributed by atoms with Crippen molar-refractivity contribution in [3.05, 3.63) is 48.7 Å². The number of sulfone groups is 1. The molecule has 1 saturated heterocycles. The predicted molar refractivity (Wildman–Crippen MR) is 130 cm³/mol. The summed E-state index contributed by atoms with van der Waals surface area (Å²) in [7, 11) is -3.18. The zero-order valence-corrected chi connectivity index (χ0v) is 19.6. The second-order valence-corrected chi connectivity index (χ2v) is 10.2. The van der Waals surface area contributed by atoms with Crippen LogP contribution in [0.25, 0.3) is 17.1 Å². The molecule has 0 bridgehead atoms. The first kappa shape index (κ1) is 22.2. The third-order valence-corrected chi connectivity index (χ3v) is 6.96. The molecular weight excluding hydrogens is 456 g/mol. The van der Waals surface area contributed by atoms with Crippen molar-refractivity contribution in [3.63, 3.8) is 0 Å². The van der Waals surface area contributed by atoms with E-state index in [-0.39, 0.29) is 5.95 Å². The lowest BCUT2D eigenvalue weighted by Gasteiger charge is -2.36. The van der Waals surface area contributed by atoms with E-state index in [4.69, 9.17) is 10.2 Å². The van der Waals surface area contributed by atoms with Crippen molar-refractivity contribution in [1.82, 2.24) is 24.5 Å². The summed E-state index contributed by atoms with van der Waals surface area (Å²) in [4.78, 5) is 13.8. The molecule has 0 spiro atoms. The molecule has 0 radical (unpaired) electrons. The standard InChI is InChI=1S/C22H26N8O3S/c1-34(31,32)17-6-4-16(5-7-17)29-12-10-28(11-13-29)9-8-24-22-25-20-15-18(19-3-2-14-33-19)27-30(20)21(23)26-22/h2-7,14-15H,8-13H2,1H3,(H3,23,24,25,26). The van der Waals surface area contributed by atoms with Crippen molar-refractivity contribution < 1.29 is 12.8 Å². The molecule has 178 valence electrons. The van der Waals surface area contributed by atoms with E-state index in [1.165, 1.54) is 10.8 Å². The van der Waals surface area contributed by atoms with E-state index in [0.717, 1.165) is 38.4 Å². The van der Waals surface area contributed by atoms with Gasteiger partial charge in [0.05, 0.1) is 11.2 Å². The van der Waals surface area contributed by atoms with Gasteiger partial charge in [0.1, 0.15) is 5.69 Å². The van der Waals surface area contributed by atoms with Gasteiger partial charge in [-0.3, -0.25) is 4.90 Å². The average molecular weight is 483 g/mol. The van der Waals surface area contributed by atoms with Gasteiger partial charge in [-0.1, -0.05) is 0 Å². The first-order valence-corrected chi connectivity index (χ1v) is 12.8. The lowest BCUT2D eigenvalue weighted by atomic mass is 10.2. The summed E-state index contributed by atoms with van der Waals surface area (Å²) >= 11 is 0. The van der Waals surface area contributed by atoms with Gasteiger partial charge >= 0.3 is 0 Å². The van der Waals surface area contributed by atoms with E-state index in [1.807, 2.05) is 24.3 Å². The van der Waals surface area contributed by atoms with Gasteiger partial charge in [-0.2, -0.15) is 19.6 Å². The molecule has 1 aromatic carbocycles. The average Bonchev–Trinajstić information content (AvgIpc) is 3.49. The summed E-state index contributed by atoms with van der Waals surface area (Å²) in [5, 5.41) is 7.65. The summed E-state index contributed by atoms with van der Waals surface area (Å²) in [6.07, 6.45) is 2.82. The van der Waals surface area contributed by atoms with Crippen LogP contribution in [0, 0.1) is 0 Å². The number of furan rings is 1. The van der Waals surface area contributed by atoms with Crippen molar-refractivity contribution in [2.75, 3.05) is 61.5 Å². The molecule has 1 fully saturated rings. The van der Waals surface area contributed by atoms with Gasteiger partial charge in [-0.25, -0.2) is 8.42 Å². The summed E-state index contributed by atoms with van der Waals surface area (Å²) in [6.45, 7) is 5.08. The van der Waals surface area contributed by atoms with E-state index in [9.17, 15) is 8.42 Å². The molecule has 34 heavy (non-hydrogen) atoms. The van der Waals surface area contributed by atoms with E-state index in [2.05, 4.69) is 30.2 Å². The highest BCUT2D eigenvalue weighted by Crippen LogP contribution is 2.21. The molecule has 4 heterocycles. The zero-order valence-electron chi connectivity index (χ0n) is 18.8. The van der Waals surface area contributed by atoms with E-state index < -0.39 is 9.84 Å². The molecule has 4 aromatic rings. The Labute approximate surface area is 197 Å². The summed E-state index contributed by atoms with van der Waals surface area (Å²) in [6, 6.07) is 12.5. The minimum atomic E-state index is -3.18. The highest BCUT2D eigenvalue weighted by atomic mass is 32.2. The third kappa shape index (κ3) is 4.68. The summed E-state index contributed by atoms with van der Waals surface area (Å²) < 4.78 is 30.2. The minimum absolute atomic E-state index is 0.251. The fourth-order valence-corrected chi connectivity index (χ4v) is 4.62. The normalized spacial score (nSPS) is 15.1. The van der Waals surface area contributed by atoms with Crippen molar-refractivity contribution in [3.8, 4) is 11.5 Å². The number of nitrogen functional groups attached to an aromatic ring is 1. The number of hydrogen-bond acceptors (Lipinski definition) is 10. The van der Waals surface area contributed by atoms with Crippen LogP contribution in [0.4, 0.5) is 17.6 Å². The van der Waals surface area contributed by atoms with Gasteiger partial charge in [0.25, 0.3) is 0 Å². The van der Waals surface area contributed by atoms with Crippen molar-refractivity contribution >= 4 is 33.1 Å². The molecule has 1 aliphatic rings. The van der Waals surface area contributed by atoms with E-state index >= 15 is 0 Å². The molecular formula is C22H26N8O3S. The van der Waals surface area contributed by atoms with Gasteiger partial charge in [0.2, 0.25) is 11.9 Å². The largest absolute Gasteiger partial charge is 0.463 e. The molecule has 11 nitrogen and oxygen atoms in total. The molecule has 0 saturated carbocycles. The number of nitrogens with one attached hydrogen (secondary N) is 1. The number of rotatable bonds is 7. The van der Waals surface area contributed by atoms with Crippen LogP contribution in [0.3, 0.4) is 0 Å². The number of nitrogens with two attached hydrogens (primary N) is 1. The molecule has 0 unspecified atom stereocenters. The highest BCUT2D eigenvalue weighted by Gasteiger charge is 2.18. The highest BCUT2D eigenvalue weighted by molar-refractivity contribution is 7.90. The van der Waals surface area contributed by atoms with Crippen LogP contribution in [0.2, 0.25) is 0 Å². The lowest BCUT2D eigenvalue weighted by molar-refractivity contribution is 0.267. The van der Waals surface area contributed by atoms with Crippen LogP contribution in [0.5, 0.6) is 0 Å². The first-order valence-electron chi connectivity index (χ1n) is 11.0. The molecule has 3 aromatic heterocycles. The lowest BCUT2D eigenvalue weighted by Crippen LogP contribution is -2.47. The second-order valence-electron chi connectivity index (χ2n) is 8.20. The quantitative estimate of drug-likeness (QED) is 0.400. The van der Waals surface area contributed by atoms with Crippen molar-refractivity contribution in [2.45, 2.75) is 4.90 Å². The SMILES string of the molecule is CS(=O)(=O)c1ccc(N2CCN(CCNc3nc(N)n4nc(-c5ccco5)cc4n3)CC2)cc1. The Morgan fingerprint density at radius 1 is 1.09 bits per heavy atom. The topological polar surface area (TPSA) is 135 Å². The number of aromatic nitrogens is 4. The second kappa shape index (κ2) is 8.95. The number of fused-ring (bicyclic) bond motifs is 1. The van der Waals surface area contributed by atoms with Gasteiger partial charge in [0.15, 0.2) is 21.2 Å². The predicted octanol–water partition coefficient (Wildman–Crippen LogP) is 1.60. The van der Waals surface area contributed by atoms with Crippen molar-refractivity contribution in [1.29, 1.82) is 0 Å². The van der Waals surface area contributed by atoms with Crippen molar-refractivity contribution in [2.24, 2.45) is 0 Å². The number of anilines is 3. The van der Waals surface area contributed by atoms with Crippen LogP contribution in [-0.4, -0.2) is 78.4 Å². The van der Waals surface area contributed by atoms with Crippen LogP contribution in [0.15, 0.2) is 58.0 Å².